The molecule has 2 aromatic carbocycles. The van der Waals surface area contributed by atoms with Crippen LogP contribution in [0.5, 0.6) is 11.5 Å². The Hall–Kier alpha value is -1.17. The van der Waals surface area contributed by atoms with Crippen LogP contribution >= 0.6 is 22.6 Å². The summed E-state index contributed by atoms with van der Waals surface area (Å²) in [7, 11) is 0. The van der Waals surface area contributed by atoms with Crippen molar-refractivity contribution < 1.29 is 13.5 Å². The molecule has 0 amide bonds. The van der Waals surface area contributed by atoms with Crippen LogP contribution in [0.1, 0.15) is 0 Å². The first-order valence-corrected chi connectivity index (χ1v) is 5.62. The SMILES string of the molecule is Fc1ccc(Oc2ccccc2I)c(F)c1. The lowest BCUT2D eigenvalue weighted by atomic mass is 10.3. The second-order valence-corrected chi connectivity index (χ2v) is 4.27. The summed E-state index contributed by atoms with van der Waals surface area (Å²) in [6, 6.07) is 10.4. The molecule has 0 saturated carbocycles. The van der Waals surface area contributed by atoms with E-state index < -0.39 is 11.6 Å². The molecule has 1 nitrogen and oxygen atoms in total. The molecule has 0 saturated heterocycles. The van der Waals surface area contributed by atoms with E-state index in [2.05, 4.69) is 22.6 Å². The van der Waals surface area contributed by atoms with Gasteiger partial charge in [0, 0.05) is 6.07 Å². The predicted molar refractivity (Wildman–Crippen MR) is 65.6 cm³/mol. The van der Waals surface area contributed by atoms with Crippen LogP contribution < -0.4 is 4.74 Å². The zero-order valence-electron chi connectivity index (χ0n) is 8.08. The summed E-state index contributed by atoms with van der Waals surface area (Å²) in [5.74, 6) is -0.758. The summed E-state index contributed by atoms with van der Waals surface area (Å²) in [5, 5.41) is 0. The lowest BCUT2D eigenvalue weighted by Crippen LogP contribution is -1.91. The Labute approximate surface area is 105 Å². The predicted octanol–water partition coefficient (Wildman–Crippen LogP) is 4.36. The number of rotatable bonds is 2. The molecule has 0 aromatic heterocycles. The van der Waals surface area contributed by atoms with Crippen molar-refractivity contribution in [2.75, 3.05) is 0 Å². The molecule has 0 spiro atoms. The lowest BCUT2D eigenvalue weighted by molar-refractivity contribution is 0.435. The van der Waals surface area contributed by atoms with Crippen LogP contribution in [0.25, 0.3) is 0 Å². The highest BCUT2D eigenvalue weighted by Gasteiger charge is 2.07. The molecule has 0 heterocycles. The summed E-state index contributed by atoms with van der Waals surface area (Å²) in [4.78, 5) is 0. The summed E-state index contributed by atoms with van der Waals surface area (Å²) in [6.45, 7) is 0. The number of ether oxygens (including phenoxy) is 1. The fourth-order valence-electron chi connectivity index (χ4n) is 1.20. The highest BCUT2D eigenvalue weighted by Crippen LogP contribution is 2.28. The van der Waals surface area contributed by atoms with E-state index in [-0.39, 0.29) is 5.75 Å². The average molecular weight is 332 g/mol. The molecular weight excluding hydrogens is 325 g/mol. The molecule has 0 radical (unpaired) electrons. The van der Waals surface area contributed by atoms with Gasteiger partial charge in [0.2, 0.25) is 0 Å². The maximum atomic E-state index is 13.3. The first-order valence-electron chi connectivity index (χ1n) is 4.54. The highest BCUT2D eigenvalue weighted by atomic mass is 127. The fourth-order valence-corrected chi connectivity index (χ4v) is 1.70. The zero-order valence-corrected chi connectivity index (χ0v) is 10.2. The highest BCUT2D eigenvalue weighted by molar-refractivity contribution is 14.1. The Kier molecular flexibility index (Phi) is 3.38. The largest absolute Gasteiger partial charge is 0.453 e. The Balaban J connectivity index is 2.31. The van der Waals surface area contributed by atoms with Gasteiger partial charge in [0.05, 0.1) is 3.57 Å². The van der Waals surface area contributed by atoms with Gasteiger partial charge in [0.15, 0.2) is 11.6 Å². The molecular formula is C12H7F2IO. The quantitative estimate of drug-likeness (QED) is 0.743. The van der Waals surface area contributed by atoms with Crippen molar-refractivity contribution >= 4 is 22.6 Å². The van der Waals surface area contributed by atoms with E-state index in [0.717, 1.165) is 15.7 Å². The molecule has 0 aliphatic heterocycles. The fraction of sp³-hybridized carbons (Fsp3) is 0. The summed E-state index contributed by atoms with van der Waals surface area (Å²) in [5.41, 5.74) is 0. The Morgan fingerprint density at radius 2 is 1.69 bits per heavy atom. The molecule has 0 N–H and O–H groups in total. The minimum Gasteiger partial charge on any atom is -0.453 e. The number of benzene rings is 2. The summed E-state index contributed by atoms with van der Waals surface area (Å²) < 4.78 is 32.2. The third-order valence-corrected chi connectivity index (χ3v) is 2.84. The normalized spacial score (nSPS) is 10.2. The molecule has 82 valence electrons. The van der Waals surface area contributed by atoms with Crippen molar-refractivity contribution in [2.24, 2.45) is 0 Å². The molecule has 0 fully saturated rings. The van der Waals surface area contributed by atoms with Gasteiger partial charge in [-0.15, -0.1) is 0 Å². The molecule has 0 bridgehead atoms. The van der Waals surface area contributed by atoms with E-state index in [4.69, 9.17) is 4.74 Å². The van der Waals surface area contributed by atoms with E-state index in [0.29, 0.717) is 5.75 Å². The Morgan fingerprint density at radius 1 is 0.938 bits per heavy atom. The molecule has 2 aromatic rings. The second-order valence-electron chi connectivity index (χ2n) is 3.11. The van der Waals surface area contributed by atoms with E-state index in [1.165, 1.54) is 6.07 Å². The van der Waals surface area contributed by atoms with Crippen molar-refractivity contribution in [1.29, 1.82) is 0 Å². The first-order chi connectivity index (χ1) is 7.66. The lowest BCUT2D eigenvalue weighted by Gasteiger charge is -2.08. The van der Waals surface area contributed by atoms with E-state index in [1.807, 2.05) is 12.1 Å². The standard InChI is InChI=1S/C12H7F2IO/c13-8-5-6-11(9(14)7-8)16-12-4-2-1-3-10(12)15/h1-7H. The molecule has 0 unspecified atom stereocenters. The summed E-state index contributed by atoms with van der Waals surface area (Å²) >= 11 is 2.08. The van der Waals surface area contributed by atoms with Crippen molar-refractivity contribution in [1.82, 2.24) is 0 Å². The molecule has 0 aliphatic carbocycles. The van der Waals surface area contributed by atoms with Gasteiger partial charge in [-0.25, -0.2) is 8.78 Å². The number of para-hydroxylation sites is 1. The van der Waals surface area contributed by atoms with Crippen molar-refractivity contribution in [3.8, 4) is 11.5 Å². The van der Waals surface area contributed by atoms with Crippen LogP contribution in [0.15, 0.2) is 42.5 Å². The minimum atomic E-state index is -0.709. The zero-order chi connectivity index (χ0) is 11.5. The molecule has 4 heteroatoms. The van der Waals surface area contributed by atoms with Crippen LogP contribution in [-0.2, 0) is 0 Å². The first kappa shape index (κ1) is 11.3. The van der Waals surface area contributed by atoms with Gasteiger partial charge in [-0.3, -0.25) is 0 Å². The monoisotopic (exact) mass is 332 g/mol. The Morgan fingerprint density at radius 3 is 2.38 bits per heavy atom. The van der Waals surface area contributed by atoms with Crippen LogP contribution in [0.2, 0.25) is 0 Å². The minimum absolute atomic E-state index is 0.0190. The van der Waals surface area contributed by atoms with Gasteiger partial charge in [0.25, 0.3) is 0 Å². The van der Waals surface area contributed by atoms with Gasteiger partial charge in [-0.05, 0) is 46.9 Å². The van der Waals surface area contributed by atoms with Gasteiger partial charge in [-0.1, -0.05) is 12.1 Å². The summed E-state index contributed by atoms with van der Waals surface area (Å²) in [6.07, 6.45) is 0. The van der Waals surface area contributed by atoms with E-state index in [9.17, 15) is 8.78 Å². The van der Waals surface area contributed by atoms with Gasteiger partial charge in [0.1, 0.15) is 11.6 Å². The molecule has 16 heavy (non-hydrogen) atoms. The maximum Gasteiger partial charge on any atom is 0.168 e. The Bertz CT molecular complexity index is 514. The van der Waals surface area contributed by atoms with Crippen LogP contribution in [0.3, 0.4) is 0 Å². The molecule has 0 atom stereocenters. The molecule has 2 rings (SSSR count). The van der Waals surface area contributed by atoms with Crippen LogP contribution in [-0.4, -0.2) is 0 Å². The average Bonchev–Trinajstić information content (AvgIpc) is 2.25. The number of hydrogen-bond donors (Lipinski definition) is 0. The third kappa shape index (κ3) is 2.49. The van der Waals surface area contributed by atoms with Gasteiger partial charge >= 0.3 is 0 Å². The maximum absolute atomic E-state index is 13.3. The van der Waals surface area contributed by atoms with Crippen molar-refractivity contribution in [3.05, 3.63) is 57.7 Å². The van der Waals surface area contributed by atoms with Crippen LogP contribution in [0.4, 0.5) is 8.78 Å². The number of hydrogen-bond acceptors (Lipinski definition) is 1. The topological polar surface area (TPSA) is 9.23 Å². The third-order valence-electron chi connectivity index (χ3n) is 1.95. The van der Waals surface area contributed by atoms with Gasteiger partial charge < -0.3 is 4.74 Å². The van der Waals surface area contributed by atoms with E-state index >= 15 is 0 Å². The van der Waals surface area contributed by atoms with Crippen molar-refractivity contribution in [2.45, 2.75) is 0 Å². The van der Waals surface area contributed by atoms with Crippen molar-refractivity contribution in [3.63, 3.8) is 0 Å². The van der Waals surface area contributed by atoms with E-state index in [1.54, 1.807) is 12.1 Å². The van der Waals surface area contributed by atoms with Crippen LogP contribution in [0, 0.1) is 15.2 Å². The molecule has 0 aliphatic rings. The smallest absolute Gasteiger partial charge is 0.168 e. The second kappa shape index (κ2) is 4.78. The number of halogens is 3. The van der Waals surface area contributed by atoms with Gasteiger partial charge in [-0.2, -0.15) is 0 Å².